The minimum absolute atomic E-state index is 0.0716. The quantitative estimate of drug-likeness (QED) is 0.340. The molecule has 0 bridgehead atoms. The van der Waals surface area contributed by atoms with Crippen molar-refractivity contribution in [2.45, 2.75) is 45.8 Å². The number of thioether (sulfide) groups is 1. The molecule has 0 aromatic heterocycles. The fourth-order valence-electron chi connectivity index (χ4n) is 4.14. The van der Waals surface area contributed by atoms with E-state index < -0.39 is 17.9 Å². The number of esters is 1. The summed E-state index contributed by atoms with van der Waals surface area (Å²) in [7, 11) is 0. The lowest BCUT2D eigenvalue weighted by atomic mass is 9.85. The molecule has 0 fully saturated rings. The third-order valence-electron chi connectivity index (χ3n) is 6.29. The summed E-state index contributed by atoms with van der Waals surface area (Å²) in [6.45, 7) is 5.53. The number of aromatic hydroxyl groups is 1. The van der Waals surface area contributed by atoms with Crippen LogP contribution in [0.25, 0.3) is 0 Å². The van der Waals surface area contributed by atoms with Gasteiger partial charge in [-0.2, -0.15) is 0 Å². The lowest BCUT2D eigenvalue weighted by Crippen LogP contribution is -2.47. The van der Waals surface area contributed by atoms with Crippen molar-refractivity contribution in [3.05, 3.63) is 101 Å². The van der Waals surface area contributed by atoms with Crippen LogP contribution in [0.15, 0.2) is 78.9 Å². The highest BCUT2D eigenvalue weighted by Crippen LogP contribution is 2.30. The van der Waals surface area contributed by atoms with Gasteiger partial charge in [-0.1, -0.05) is 85.4 Å². The zero-order valence-corrected chi connectivity index (χ0v) is 22.2. The van der Waals surface area contributed by atoms with Crippen LogP contribution in [0.5, 0.6) is 5.75 Å². The highest BCUT2D eigenvalue weighted by molar-refractivity contribution is 8.13. The van der Waals surface area contributed by atoms with Crippen LogP contribution >= 0.6 is 11.8 Å². The Bertz CT molecular complexity index is 1200. The Morgan fingerprint density at radius 3 is 2.22 bits per heavy atom. The summed E-state index contributed by atoms with van der Waals surface area (Å²) in [5, 5.41) is 12.5. The molecule has 3 aromatic carbocycles. The molecule has 0 aliphatic rings. The highest BCUT2D eigenvalue weighted by atomic mass is 32.2. The molecule has 0 saturated heterocycles. The summed E-state index contributed by atoms with van der Waals surface area (Å²) in [6, 6.07) is 22.7. The van der Waals surface area contributed by atoms with E-state index >= 15 is 0 Å². The minimum atomic E-state index is -0.936. The first-order valence-electron chi connectivity index (χ1n) is 12.2. The van der Waals surface area contributed by atoms with Crippen LogP contribution in [0.3, 0.4) is 0 Å². The molecular formula is C30H33NO5S. The van der Waals surface area contributed by atoms with Crippen molar-refractivity contribution in [1.82, 2.24) is 5.32 Å². The van der Waals surface area contributed by atoms with Crippen molar-refractivity contribution >= 4 is 28.8 Å². The standard InChI is InChI=1S/C30H33NO5S/c1-20-9-7-8-12-26(20)21(2)27(19-37-22(3)32)29(34)31-28(17-23-13-15-25(33)16-14-23)30(35)36-18-24-10-5-4-6-11-24/h4-16,21,27-28,33H,17-19H2,1-3H3,(H,31,34)/t21?,27?,28-/m0/s1. The van der Waals surface area contributed by atoms with Gasteiger partial charge >= 0.3 is 5.97 Å². The van der Waals surface area contributed by atoms with Crippen LogP contribution in [-0.2, 0) is 32.1 Å². The van der Waals surface area contributed by atoms with Crippen LogP contribution in [0.2, 0.25) is 0 Å². The number of hydrogen-bond donors (Lipinski definition) is 2. The molecule has 2 N–H and O–H groups in total. The maximum atomic E-state index is 13.6. The van der Waals surface area contributed by atoms with E-state index in [-0.39, 0.29) is 35.7 Å². The molecule has 0 radical (unpaired) electrons. The van der Waals surface area contributed by atoms with Crippen molar-refractivity contribution in [2.75, 3.05) is 5.75 Å². The van der Waals surface area contributed by atoms with Gasteiger partial charge in [-0.3, -0.25) is 9.59 Å². The summed E-state index contributed by atoms with van der Waals surface area (Å²) < 4.78 is 5.57. The zero-order valence-electron chi connectivity index (χ0n) is 21.3. The summed E-state index contributed by atoms with van der Waals surface area (Å²) in [4.78, 5) is 38.5. The molecule has 37 heavy (non-hydrogen) atoms. The minimum Gasteiger partial charge on any atom is -0.508 e. The Morgan fingerprint density at radius 1 is 0.919 bits per heavy atom. The van der Waals surface area contributed by atoms with E-state index in [1.165, 1.54) is 19.1 Å². The predicted octanol–water partition coefficient (Wildman–Crippen LogP) is 5.17. The average Bonchev–Trinajstić information content (AvgIpc) is 2.88. The first-order valence-corrected chi connectivity index (χ1v) is 13.2. The lowest BCUT2D eigenvalue weighted by molar-refractivity contribution is -0.149. The molecule has 0 aliphatic heterocycles. The fraction of sp³-hybridized carbons (Fsp3) is 0.300. The predicted molar refractivity (Wildman–Crippen MR) is 146 cm³/mol. The summed E-state index contributed by atoms with van der Waals surface area (Å²) in [5.41, 5.74) is 3.69. The topological polar surface area (TPSA) is 92.7 Å². The fourth-order valence-corrected chi connectivity index (χ4v) is 4.99. The van der Waals surface area contributed by atoms with Gasteiger partial charge in [0.15, 0.2) is 5.12 Å². The smallest absolute Gasteiger partial charge is 0.329 e. The van der Waals surface area contributed by atoms with Gasteiger partial charge in [0.25, 0.3) is 0 Å². The van der Waals surface area contributed by atoms with Gasteiger partial charge in [0.1, 0.15) is 18.4 Å². The van der Waals surface area contributed by atoms with Crippen molar-refractivity contribution in [2.24, 2.45) is 5.92 Å². The molecule has 7 heteroatoms. The molecule has 3 atom stereocenters. The van der Waals surface area contributed by atoms with E-state index in [0.717, 1.165) is 34.0 Å². The Balaban J connectivity index is 1.82. The van der Waals surface area contributed by atoms with E-state index in [1.807, 2.05) is 68.4 Å². The number of carbonyl (C=O) groups excluding carboxylic acids is 3. The Kier molecular flexibility index (Phi) is 10.3. The van der Waals surface area contributed by atoms with E-state index in [2.05, 4.69) is 5.32 Å². The van der Waals surface area contributed by atoms with Crippen LogP contribution in [-0.4, -0.2) is 33.9 Å². The van der Waals surface area contributed by atoms with Crippen LogP contribution in [0.4, 0.5) is 0 Å². The van der Waals surface area contributed by atoms with E-state index in [4.69, 9.17) is 4.74 Å². The number of carbonyl (C=O) groups is 3. The number of nitrogens with one attached hydrogen (secondary N) is 1. The van der Waals surface area contributed by atoms with Crippen molar-refractivity contribution in [1.29, 1.82) is 0 Å². The average molecular weight is 520 g/mol. The SMILES string of the molecule is CC(=O)SCC(C(=O)N[C@@H](Cc1ccc(O)cc1)C(=O)OCc1ccccc1)C(C)c1ccccc1C. The summed E-state index contributed by atoms with van der Waals surface area (Å²) in [6.07, 6.45) is 0.199. The molecule has 3 rings (SSSR count). The summed E-state index contributed by atoms with van der Waals surface area (Å²) >= 11 is 1.10. The number of rotatable bonds is 11. The summed E-state index contributed by atoms with van der Waals surface area (Å²) in [5.74, 6) is -1.18. The van der Waals surface area contributed by atoms with Gasteiger partial charge in [-0.25, -0.2) is 4.79 Å². The Labute approximate surface area is 222 Å². The van der Waals surface area contributed by atoms with Crippen LogP contribution in [0.1, 0.15) is 42.0 Å². The first kappa shape index (κ1) is 28.0. The van der Waals surface area contributed by atoms with Crippen molar-refractivity contribution in [3.8, 4) is 5.75 Å². The van der Waals surface area contributed by atoms with Gasteiger partial charge in [0.2, 0.25) is 5.91 Å². The number of phenols is 1. The Hall–Kier alpha value is -3.58. The second-order valence-corrected chi connectivity index (χ2v) is 10.3. The van der Waals surface area contributed by atoms with Gasteiger partial charge in [0.05, 0.1) is 5.92 Å². The zero-order chi connectivity index (χ0) is 26.8. The molecule has 0 spiro atoms. The molecule has 1 amide bonds. The molecule has 0 saturated carbocycles. The molecular weight excluding hydrogens is 486 g/mol. The molecule has 3 aromatic rings. The monoisotopic (exact) mass is 519 g/mol. The molecule has 2 unspecified atom stereocenters. The molecule has 0 heterocycles. The third kappa shape index (κ3) is 8.50. The largest absolute Gasteiger partial charge is 0.508 e. The molecule has 6 nitrogen and oxygen atoms in total. The highest BCUT2D eigenvalue weighted by Gasteiger charge is 2.32. The van der Waals surface area contributed by atoms with E-state index in [0.29, 0.717) is 5.75 Å². The normalized spacial score (nSPS) is 13.3. The van der Waals surface area contributed by atoms with Gasteiger partial charge < -0.3 is 15.2 Å². The Morgan fingerprint density at radius 2 is 1.57 bits per heavy atom. The van der Waals surface area contributed by atoms with Gasteiger partial charge in [-0.15, -0.1) is 0 Å². The number of aryl methyl sites for hydroxylation is 1. The number of benzene rings is 3. The maximum absolute atomic E-state index is 13.6. The second-order valence-electron chi connectivity index (χ2n) is 9.08. The van der Waals surface area contributed by atoms with Crippen LogP contribution in [0, 0.1) is 12.8 Å². The molecule has 194 valence electrons. The second kappa shape index (κ2) is 13.7. The maximum Gasteiger partial charge on any atom is 0.329 e. The molecule has 0 aliphatic carbocycles. The van der Waals surface area contributed by atoms with Crippen LogP contribution < -0.4 is 5.32 Å². The lowest BCUT2D eigenvalue weighted by Gasteiger charge is -2.27. The van der Waals surface area contributed by atoms with E-state index in [1.54, 1.807) is 12.1 Å². The van der Waals surface area contributed by atoms with Gasteiger partial charge in [-0.05, 0) is 47.2 Å². The number of amides is 1. The van der Waals surface area contributed by atoms with E-state index in [9.17, 15) is 19.5 Å². The third-order valence-corrected chi connectivity index (χ3v) is 7.22. The first-order chi connectivity index (χ1) is 17.7. The van der Waals surface area contributed by atoms with Crippen molar-refractivity contribution < 1.29 is 24.2 Å². The van der Waals surface area contributed by atoms with Gasteiger partial charge in [0, 0.05) is 19.1 Å². The number of ether oxygens (including phenoxy) is 1. The van der Waals surface area contributed by atoms with Crippen molar-refractivity contribution in [3.63, 3.8) is 0 Å². The number of phenolic OH excluding ortho intramolecular Hbond substituents is 1. The number of hydrogen-bond acceptors (Lipinski definition) is 6.